The first-order valence-corrected chi connectivity index (χ1v) is 7.73. The van der Waals surface area contributed by atoms with Crippen molar-refractivity contribution in [3.63, 3.8) is 0 Å². The number of carbonyl (C=O) groups is 1. The zero-order valence-corrected chi connectivity index (χ0v) is 12.6. The maximum Gasteiger partial charge on any atom is 0.268 e. The Morgan fingerprint density at radius 1 is 1.45 bits per heavy atom. The number of aryl methyl sites for hydroxylation is 1. The van der Waals surface area contributed by atoms with Crippen LogP contribution < -0.4 is 5.32 Å². The van der Waals surface area contributed by atoms with E-state index in [0.717, 1.165) is 38.1 Å². The summed E-state index contributed by atoms with van der Waals surface area (Å²) in [6.45, 7) is 5.35. The Hall–Kier alpha value is -1.29. The van der Waals surface area contributed by atoms with Crippen LogP contribution in [-0.4, -0.2) is 27.7 Å². The monoisotopic (exact) mass is 278 g/mol. The molecule has 0 aromatic carbocycles. The lowest BCUT2D eigenvalue weighted by Gasteiger charge is -2.35. The summed E-state index contributed by atoms with van der Waals surface area (Å²) in [6, 6.07) is 3.69. The van der Waals surface area contributed by atoms with E-state index in [9.17, 15) is 9.90 Å². The van der Waals surface area contributed by atoms with Gasteiger partial charge >= 0.3 is 0 Å². The molecule has 0 bridgehead atoms. The van der Waals surface area contributed by atoms with Gasteiger partial charge in [-0.25, -0.2) is 0 Å². The number of rotatable bonds is 5. The average molecular weight is 278 g/mol. The van der Waals surface area contributed by atoms with Gasteiger partial charge in [-0.05, 0) is 50.7 Å². The summed E-state index contributed by atoms with van der Waals surface area (Å²) in [5.74, 6) is 0.645. The summed E-state index contributed by atoms with van der Waals surface area (Å²) in [4.78, 5) is 12.1. The molecule has 0 atom stereocenters. The highest BCUT2D eigenvalue weighted by Crippen LogP contribution is 2.33. The number of aliphatic hydroxyl groups is 1. The predicted octanol–water partition coefficient (Wildman–Crippen LogP) is 2.57. The molecule has 4 nitrogen and oxygen atoms in total. The minimum Gasteiger partial charge on any atom is -0.388 e. The second-order valence-corrected chi connectivity index (χ2v) is 5.94. The Labute approximate surface area is 121 Å². The van der Waals surface area contributed by atoms with E-state index in [2.05, 4.69) is 12.2 Å². The molecule has 2 N–H and O–H groups in total. The second-order valence-electron chi connectivity index (χ2n) is 5.94. The van der Waals surface area contributed by atoms with Crippen molar-refractivity contribution in [2.75, 3.05) is 6.54 Å². The van der Waals surface area contributed by atoms with E-state index < -0.39 is 5.60 Å². The number of carbonyl (C=O) groups excluding carboxylic acids is 1. The van der Waals surface area contributed by atoms with E-state index in [0.29, 0.717) is 12.2 Å². The topological polar surface area (TPSA) is 54.3 Å². The Balaban J connectivity index is 1.87. The van der Waals surface area contributed by atoms with Gasteiger partial charge in [0.05, 0.1) is 5.60 Å². The smallest absolute Gasteiger partial charge is 0.268 e. The molecule has 112 valence electrons. The van der Waals surface area contributed by atoms with E-state index >= 15 is 0 Å². The van der Waals surface area contributed by atoms with E-state index in [4.69, 9.17) is 0 Å². The molecular formula is C16H26N2O2. The van der Waals surface area contributed by atoms with Crippen molar-refractivity contribution in [2.45, 2.75) is 58.1 Å². The van der Waals surface area contributed by atoms with Crippen molar-refractivity contribution >= 4 is 5.91 Å². The number of amides is 1. The van der Waals surface area contributed by atoms with Crippen molar-refractivity contribution in [1.82, 2.24) is 9.88 Å². The van der Waals surface area contributed by atoms with Crippen LogP contribution in [0.3, 0.4) is 0 Å². The summed E-state index contributed by atoms with van der Waals surface area (Å²) in [5, 5.41) is 13.4. The Bertz CT molecular complexity index is 445. The van der Waals surface area contributed by atoms with E-state index in [1.807, 2.05) is 29.8 Å². The van der Waals surface area contributed by atoms with Gasteiger partial charge in [-0.1, -0.05) is 13.3 Å². The number of hydrogen-bond acceptors (Lipinski definition) is 2. The highest BCUT2D eigenvalue weighted by Gasteiger charge is 2.33. The third-order valence-corrected chi connectivity index (χ3v) is 4.59. The molecule has 4 heteroatoms. The molecule has 1 amide bonds. The number of aromatic nitrogens is 1. The number of hydrogen-bond donors (Lipinski definition) is 2. The van der Waals surface area contributed by atoms with Gasteiger partial charge in [0.1, 0.15) is 5.69 Å². The quantitative estimate of drug-likeness (QED) is 0.869. The summed E-state index contributed by atoms with van der Waals surface area (Å²) >= 11 is 0. The SMILES string of the molecule is CCC1CCC(O)(CNC(=O)c2cccn2CC)CC1. The van der Waals surface area contributed by atoms with Crippen LogP contribution in [0.2, 0.25) is 0 Å². The molecule has 1 fully saturated rings. The van der Waals surface area contributed by atoms with Crippen LogP contribution in [-0.2, 0) is 6.54 Å². The van der Waals surface area contributed by atoms with E-state index in [-0.39, 0.29) is 5.91 Å². The van der Waals surface area contributed by atoms with Crippen LogP contribution in [0, 0.1) is 5.92 Å². The van der Waals surface area contributed by atoms with Crippen molar-refractivity contribution in [3.8, 4) is 0 Å². The Kier molecular flexibility index (Phi) is 4.86. The molecule has 1 aromatic heterocycles. The van der Waals surface area contributed by atoms with Crippen LogP contribution in [0.1, 0.15) is 56.4 Å². The molecule has 0 saturated heterocycles. The first-order valence-electron chi connectivity index (χ1n) is 7.73. The Morgan fingerprint density at radius 3 is 2.75 bits per heavy atom. The normalized spacial score (nSPS) is 26.4. The van der Waals surface area contributed by atoms with Crippen molar-refractivity contribution < 1.29 is 9.90 Å². The van der Waals surface area contributed by atoms with Gasteiger partial charge in [-0.3, -0.25) is 4.79 Å². The second kappa shape index (κ2) is 6.44. The van der Waals surface area contributed by atoms with Gasteiger partial charge in [0.2, 0.25) is 0 Å². The largest absolute Gasteiger partial charge is 0.388 e. The third kappa shape index (κ3) is 3.42. The fourth-order valence-electron chi connectivity index (χ4n) is 3.03. The molecule has 0 unspecified atom stereocenters. The summed E-state index contributed by atoms with van der Waals surface area (Å²) in [6.07, 6.45) is 6.80. The van der Waals surface area contributed by atoms with Crippen molar-refractivity contribution in [1.29, 1.82) is 0 Å². The molecule has 0 spiro atoms. The fourth-order valence-corrected chi connectivity index (χ4v) is 3.03. The Morgan fingerprint density at radius 2 is 2.15 bits per heavy atom. The number of nitrogens with zero attached hydrogens (tertiary/aromatic N) is 1. The van der Waals surface area contributed by atoms with Gasteiger partial charge in [0, 0.05) is 19.3 Å². The lowest BCUT2D eigenvalue weighted by Crippen LogP contribution is -2.45. The molecule has 1 saturated carbocycles. The third-order valence-electron chi connectivity index (χ3n) is 4.59. The van der Waals surface area contributed by atoms with Gasteiger partial charge in [-0.2, -0.15) is 0 Å². The van der Waals surface area contributed by atoms with Crippen LogP contribution in [0.4, 0.5) is 0 Å². The van der Waals surface area contributed by atoms with Crippen LogP contribution in [0.25, 0.3) is 0 Å². The van der Waals surface area contributed by atoms with Gasteiger partial charge in [-0.15, -0.1) is 0 Å². The first kappa shape index (κ1) is 15.1. The lowest BCUT2D eigenvalue weighted by atomic mass is 9.78. The number of nitrogens with one attached hydrogen (secondary N) is 1. The standard InChI is InChI=1S/C16H26N2O2/c1-3-13-7-9-16(20,10-8-13)12-17-15(19)14-6-5-11-18(14)4-2/h5-6,11,13,20H,3-4,7-10,12H2,1-2H3,(H,17,19). The van der Waals surface area contributed by atoms with Gasteiger partial charge in [0.25, 0.3) is 5.91 Å². The zero-order valence-electron chi connectivity index (χ0n) is 12.6. The van der Waals surface area contributed by atoms with Crippen molar-refractivity contribution in [2.24, 2.45) is 5.92 Å². The summed E-state index contributed by atoms with van der Waals surface area (Å²) in [5.41, 5.74) is -0.0522. The molecule has 0 radical (unpaired) electrons. The van der Waals surface area contributed by atoms with Gasteiger partial charge in [0.15, 0.2) is 0 Å². The highest BCUT2D eigenvalue weighted by molar-refractivity contribution is 5.92. The first-order chi connectivity index (χ1) is 9.58. The molecule has 1 aliphatic rings. The minimum absolute atomic E-state index is 0.0945. The molecule has 1 aliphatic carbocycles. The summed E-state index contributed by atoms with van der Waals surface area (Å²) in [7, 11) is 0. The molecular weight excluding hydrogens is 252 g/mol. The summed E-state index contributed by atoms with van der Waals surface area (Å²) < 4.78 is 1.91. The zero-order chi connectivity index (χ0) is 14.6. The average Bonchev–Trinajstić information content (AvgIpc) is 2.94. The van der Waals surface area contributed by atoms with Crippen LogP contribution in [0.15, 0.2) is 18.3 Å². The predicted molar refractivity (Wildman–Crippen MR) is 79.6 cm³/mol. The van der Waals surface area contributed by atoms with E-state index in [1.165, 1.54) is 6.42 Å². The molecule has 0 aliphatic heterocycles. The minimum atomic E-state index is -0.717. The highest BCUT2D eigenvalue weighted by atomic mass is 16.3. The maximum absolute atomic E-state index is 12.1. The van der Waals surface area contributed by atoms with E-state index in [1.54, 1.807) is 0 Å². The fraction of sp³-hybridized carbons (Fsp3) is 0.688. The molecule has 1 aromatic rings. The van der Waals surface area contributed by atoms with Crippen LogP contribution >= 0.6 is 0 Å². The van der Waals surface area contributed by atoms with Gasteiger partial charge < -0.3 is 15.0 Å². The van der Waals surface area contributed by atoms with Crippen LogP contribution in [0.5, 0.6) is 0 Å². The van der Waals surface area contributed by atoms with Crippen molar-refractivity contribution in [3.05, 3.63) is 24.0 Å². The molecule has 1 heterocycles. The lowest BCUT2D eigenvalue weighted by molar-refractivity contribution is -0.00793. The maximum atomic E-state index is 12.1. The molecule has 2 rings (SSSR count). The molecule has 20 heavy (non-hydrogen) atoms.